The highest BCUT2D eigenvalue weighted by Gasteiger charge is 2.18. The van der Waals surface area contributed by atoms with E-state index >= 15 is 0 Å². The van der Waals surface area contributed by atoms with Gasteiger partial charge in [-0.05, 0) is 64.1 Å². The summed E-state index contributed by atoms with van der Waals surface area (Å²) in [6, 6.07) is 48.1. The fourth-order valence-electron chi connectivity index (χ4n) is 4.98. The third-order valence-corrected chi connectivity index (χ3v) is 7.65. The van der Waals surface area contributed by atoms with E-state index in [0.717, 1.165) is 33.1 Å². The van der Waals surface area contributed by atoms with Crippen LogP contribution in [0.1, 0.15) is 0 Å². The first-order valence-corrected chi connectivity index (χ1v) is 18.5. The standard InChI is InChI=1S/C18H12O.C12H9BO3.C6H5I.2CH3Br/c1-2-7-13(8-3-1)14-10-6-11-16-15-9-4-5-12-17(15)19-18(14)16;14-13(15)10-6-3-5-9-8-4-1-2-7-11(8)16-12(9)10;7-6-4-2-1-3-5-6;2*1-2/h1-12H;1-7,14-15H;1-5H;2*1H3. The molecule has 2 heterocycles. The summed E-state index contributed by atoms with van der Waals surface area (Å²) >= 11 is 8.15. The summed E-state index contributed by atoms with van der Waals surface area (Å²) in [6.45, 7) is 0. The van der Waals surface area contributed by atoms with Crippen LogP contribution in [0.15, 0.2) is 154 Å². The Morgan fingerprint density at radius 2 is 0.913 bits per heavy atom. The molecule has 0 unspecified atom stereocenters. The predicted octanol–water partition coefficient (Wildman–Crippen LogP) is 10.8. The monoisotopic (exact) mass is 848 g/mol. The third-order valence-electron chi connectivity index (χ3n) is 6.94. The maximum Gasteiger partial charge on any atom is 0.492 e. The number of furan rings is 2. The van der Waals surface area contributed by atoms with Crippen molar-refractivity contribution in [3.8, 4) is 11.1 Å². The van der Waals surface area contributed by atoms with Crippen LogP contribution >= 0.6 is 54.5 Å². The SMILES string of the molecule is CBr.CBr.Ic1ccccc1.OB(O)c1cccc2c1oc1ccccc12.c1ccc(-c2cccc3c2oc2ccccc23)cc1. The van der Waals surface area contributed by atoms with Gasteiger partial charge in [-0.2, -0.15) is 0 Å². The molecule has 2 N–H and O–H groups in total. The smallest absolute Gasteiger partial charge is 0.456 e. The van der Waals surface area contributed by atoms with Crippen LogP contribution in [0.25, 0.3) is 55.0 Å². The lowest BCUT2D eigenvalue weighted by Gasteiger charge is -2.01. The molecule has 0 amide bonds. The van der Waals surface area contributed by atoms with E-state index in [1.165, 1.54) is 19.9 Å². The van der Waals surface area contributed by atoms with Crippen molar-refractivity contribution >= 4 is 111 Å². The van der Waals surface area contributed by atoms with E-state index in [9.17, 15) is 10.0 Å². The second kappa shape index (κ2) is 18.1. The van der Waals surface area contributed by atoms with Gasteiger partial charge < -0.3 is 18.9 Å². The largest absolute Gasteiger partial charge is 0.492 e. The van der Waals surface area contributed by atoms with E-state index in [0.29, 0.717) is 11.0 Å². The van der Waals surface area contributed by atoms with Crippen molar-refractivity contribution in [3.63, 3.8) is 0 Å². The van der Waals surface area contributed by atoms with Crippen LogP contribution in [-0.2, 0) is 0 Å². The van der Waals surface area contributed by atoms with Crippen LogP contribution in [0.4, 0.5) is 0 Å². The van der Waals surface area contributed by atoms with Crippen molar-refractivity contribution in [2.75, 3.05) is 11.7 Å². The highest BCUT2D eigenvalue weighted by molar-refractivity contribution is 14.1. The molecule has 4 nitrogen and oxygen atoms in total. The molecule has 46 heavy (non-hydrogen) atoms. The van der Waals surface area contributed by atoms with E-state index in [1.54, 1.807) is 12.1 Å². The summed E-state index contributed by atoms with van der Waals surface area (Å²) in [5.74, 6) is 3.62. The summed E-state index contributed by atoms with van der Waals surface area (Å²) in [7, 11) is -1.51. The number of para-hydroxylation sites is 4. The normalized spacial score (nSPS) is 10.1. The zero-order valence-corrected chi connectivity index (χ0v) is 30.6. The Kier molecular flexibility index (Phi) is 13.9. The average Bonchev–Trinajstić information content (AvgIpc) is 3.70. The van der Waals surface area contributed by atoms with Crippen LogP contribution in [0, 0.1) is 3.57 Å². The first kappa shape index (κ1) is 35.4. The maximum atomic E-state index is 9.24. The molecule has 6 aromatic carbocycles. The minimum Gasteiger partial charge on any atom is -0.456 e. The minimum absolute atomic E-state index is 0.397. The second-order valence-electron chi connectivity index (χ2n) is 9.64. The molecule has 0 aliphatic carbocycles. The van der Waals surface area contributed by atoms with E-state index in [1.807, 2.05) is 84.5 Å². The Bertz CT molecular complexity index is 2090. The van der Waals surface area contributed by atoms with Crippen molar-refractivity contribution in [1.29, 1.82) is 0 Å². The molecule has 8 aromatic rings. The molecule has 0 fully saturated rings. The molecule has 0 aliphatic rings. The number of alkyl halides is 2. The third kappa shape index (κ3) is 8.49. The van der Waals surface area contributed by atoms with Gasteiger partial charge in [0.2, 0.25) is 0 Å². The van der Waals surface area contributed by atoms with E-state index < -0.39 is 7.12 Å². The van der Waals surface area contributed by atoms with Crippen LogP contribution < -0.4 is 5.46 Å². The second-order valence-corrected chi connectivity index (χ2v) is 10.9. The molecule has 2 aromatic heterocycles. The lowest BCUT2D eigenvalue weighted by molar-refractivity contribution is 0.425. The quantitative estimate of drug-likeness (QED) is 0.103. The predicted molar refractivity (Wildman–Crippen MR) is 212 cm³/mol. The summed E-state index contributed by atoms with van der Waals surface area (Å²) in [5, 5.41) is 22.7. The van der Waals surface area contributed by atoms with Gasteiger partial charge >= 0.3 is 7.12 Å². The van der Waals surface area contributed by atoms with Gasteiger partial charge in [0.25, 0.3) is 0 Å². The highest BCUT2D eigenvalue weighted by Crippen LogP contribution is 2.35. The van der Waals surface area contributed by atoms with E-state index in [-0.39, 0.29) is 0 Å². The first-order valence-electron chi connectivity index (χ1n) is 14.3. The van der Waals surface area contributed by atoms with Crippen molar-refractivity contribution in [1.82, 2.24) is 0 Å². The molecule has 0 spiro atoms. The molecule has 0 saturated heterocycles. The van der Waals surface area contributed by atoms with Crippen LogP contribution in [-0.4, -0.2) is 28.8 Å². The molecular weight excluding hydrogens is 818 g/mol. The van der Waals surface area contributed by atoms with Crippen LogP contribution in [0.3, 0.4) is 0 Å². The molecule has 0 saturated carbocycles. The van der Waals surface area contributed by atoms with Gasteiger partial charge in [0.05, 0.1) is 0 Å². The maximum absolute atomic E-state index is 9.24. The Hall–Kier alpha value is -3.41. The molecule has 232 valence electrons. The van der Waals surface area contributed by atoms with Gasteiger partial charge in [-0.15, -0.1) is 0 Å². The number of hydrogen-bond acceptors (Lipinski definition) is 4. The Morgan fingerprint density at radius 3 is 1.43 bits per heavy atom. The molecule has 0 atom stereocenters. The molecular formula is C38H32BBr2IO4. The number of halogens is 3. The molecule has 0 aliphatic heterocycles. The van der Waals surface area contributed by atoms with Gasteiger partial charge in [0.15, 0.2) is 0 Å². The number of benzene rings is 6. The average molecular weight is 850 g/mol. The summed E-state index contributed by atoms with van der Waals surface area (Å²) in [4.78, 5) is 0. The van der Waals surface area contributed by atoms with E-state index in [4.69, 9.17) is 8.83 Å². The Labute approximate surface area is 299 Å². The number of rotatable bonds is 2. The van der Waals surface area contributed by atoms with Crippen LogP contribution in [0.5, 0.6) is 0 Å². The lowest BCUT2D eigenvalue weighted by atomic mass is 9.79. The fraction of sp³-hybridized carbons (Fsp3) is 0.0526. The van der Waals surface area contributed by atoms with Crippen LogP contribution in [0.2, 0.25) is 0 Å². The zero-order chi connectivity index (χ0) is 32.9. The van der Waals surface area contributed by atoms with Gasteiger partial charge in [0.1, 0.15) is 22.3 Å². The van der Waals surface area contributed by atoms with Gasteiger partial charge in [-0.25, -0.2) is 0 Å². The van der Waals surface area contributed by atoms with Gasteiger partial charge in [-0.3, -0.25) is 0 Å². The molecule has 8 heteroatoms. The van der Waals surface area contributed by atoms with Crippen molar-refractivity contribution in [2.24, 2.45) is 0 Å². The summed E-state index contributed by atoms with van der Waals surface area (Å²) in [5.41, 5.74) is 5.94. The Morgan fingerprint density at radius 1 is 0.478 bits per heavy atom. The summed E-state index contributed by atoms with van der Waals surface area (Å²) in [6.07, 6.45) is 0. The molecule has 0 bridgehead atoms. The zero-order valence-electron chi connectivity index (χ0n) is 25.3. The van der Waals surface area contributed by atoms with Gasteiger partial charge in [-0.1, -0.05) is 153 Å². The summed E-state index contributed by atoms with van der Waals surface area (Å²) < 4.78 is 13.0. The number of fused-ring (bicyclic) bond motifs is 6. The van der Waals surface area contributed by atoms with Crippen molar-refractivity contribution in [3.05, 3.63) is 149 Å². The fourth-order valence-corrected chi connectivity index (χ4v) is 5.39. The number of hydrogen-bond donors (Lipinski definition) is 2. The molecule has 8 rings (SSSR count). The lowest BCUT2D eigenvalue weighted by Crippen LogP contribution is -2.29. The van der Waals surface area contributed by atoms with Gasteiger partial charge in [0, 0.05) is 36.1 Å². The minimum atomic E-state index is -1.51. The van der Waals surface area contributed by atoms with Crippen molar-refractivity contribution < 1.29 is 18.9 Å². The highest BCUT2D eigenvalue weighted by atomic mass is 127. The first-order chi connectivity index (χ1) is 22.6. The van der Waals surface area contributed by atoms with E-state index in [2.05, 4.69) is 115 Å². The molecule has 0 radical (unpaired) electrons. The Balaban J connectivity index is 0.000000161. The van der Waals surface area contributed by atoms with Crippen molar-refractivity contribution in [2.45, 2.75) is 0 Å². The topological polar surface area (TPSA) is 66.7 Å².